The van der Waals surface area contributed by atoms with Gasteiger partial charge in [-0.05, 0) is 29.7 Å². The molecule has 0 saturated heterocycles. The number of methoxy groups -OCH3 is 1. The van der Waals surface area contributed by atoms with Gasteiger partial charge < -0.3 is 30.1 Å². The van der Waals surface area contributed by atoms with E-state index in [2.05, 4.69) is 25.9 Å². The van der Waals surface area contributed by atoms with Crippen LogP contribution in [0.4, 0.5) is 10.5 Å². The molecular formula is C23H25N5O3. The van der Waals surface area contributed by atoms with E-state index in [0.717, 1.165) is 27.8 Å². The average molecular weight is 419 g/mol. The molecule has 0 spiro atoms. The van der Waals surface area contributed by atoms with Crippen molar-refractivity contribution in [2.75, 3.05) is 25.5 Å². The first-order valence-corrected chi connectivity index (χ1v) is 10.1. The zero-order valence-corrected chi connectivity index (χ0v) is 17.5. The second-order valence-corrected chi connectivity index (χ2v) is 7.08. The van der Waals surface area contributed by atoms with Crippen LogP contribution in [0.25, 0.3) is 22.2 Å². The summed E-state index contributed by atoms with van der Waals surface area (Å²) in [4.78, 5) is 19.5. The third-order valence-corrected chi connectivity index (χ3v) is 4.85. The minimum atomic E-state index is -0.214. The topological polar surface area (TPSA) is 104 Å². The number of fused-ring (bicyclic) bond motifs is 1. The molecule has 0 aliphatic rings. The molecule has 0 aliphatic carbocycles. The number of oxazole rings is 1. The Labute approximate surface area is 180 Å². The van der Waals surface area contributed by atoms with Gasteiger partial charge in [0, 0.05) is 43.0 Å². The molecule has 160 valence electrons. The zero-order chi connectivity index (χ0) is 21.6. The number of para-hydroxylation sites is 1. The lowest BCUT2D eigenvalue weighted by atomic mass is 10.1. The molecule has 4 N–H and O–H groups in total. The van der Waals surface area contributed by atoms with Crippen molar-refractivity contribution >= 4 is 22.6 Å². The Morgan fingerprint density at radius 1 is 1.13 bits per heavy atom. The highest BCUT2D eigenvalue weighted by Gasteiger charge is 2.11. The molecule has 2 aromatic carbocycles. The van der Waals surface area contributed by atoms with Crippen LogP contribution in [0.15, 0.2) is 59.1 Å². The van der Waals surface area contributed by atoms with Crippen LogP contribution in [0.1, 0.15) is 11.6 Å². The Kier molecular flexibility index (Phi) is 6.07. The number of carbonyl (C=O) groups is 1. The lowest BCUT2D eigenvalue weighted by Gasteiger charge is -2.12. The SMILES string of the molecule is COc1cc(NCCNC(=O)NCc2cc3ccccc3[nH]2)ccc1-c1cnc(C)o1. The van der Waals surface area contributed by atoms with E-state index in [0.29, 0.717) is 37.0 Å². The number of aromatic amines is 1. The predicted molar refractivity (Wildman–Crippen MR) is 120 cm³/mol. The zero-order valence-electron chi connectivity index (χ0n) is 17.5. The standard InChI is InChI=1S/C23H25N5O3/c1-15-26-14-22(31-15)19-8-7-17(12-21(19)30-2)24-9-10-25-23(29)27-13-18-11-16-5-3-4-6-20(16)28-18/h3-8,11-12,14,24,28H,9-10,13H2,1-2H3,(H2,25,27,29). The van der Waals surface area contributed by atoms with E-state index in [1.807, 2.05) is 48.5 Å². The Morgan fingerprint density at radius 2 is 2.00 bits per heavy atom. The molecule has 0 bridgehead atoms. The third-order valence-electron chi connectivity index (χ3n) is 4.85. The van der Waals surface area contributed by atoms with Crippen LogP contribution in [0.3, 0.4) is 0 Å². The van der Waals surface area contributed by atoms with Gasteiger partial charge in [0.2, 0.25) is 0 Å². The normalized spacial score (nSPS) is 10.8. The van der Waals surface area contributed by atoms with Gasteiger partial charge in [-0.2, -0.15) is 0 Å². The fourth-order valence-electron chi connectivity index (χ4n) is 3.34. The van der Waals surface area contributed by atoms with E-state index < -0.39 is 0 Å². The lowest BCUT2D eigenvalue weighted by molar-refractivity contribution is 0.241. The Balaban J connectivity index is 1.23. The summed E-state index contributed by atoms with van der Waals surface area (Å²) in [6.07, 6.45) is 1.68. The van der Waals surface area contributed by atoms with E-state index in [1.54, 1.807) is 20.2 Å². The number of H-pyrrole nitrogens is 1. The second kappa shape index (κ2) is 9.25. The molecule has 0 fully saturated rings. The van der Waals surface area contributed by atoms with Gasteiger partial charge in [-0.3, -0.25) is 0 Å². The fourth-order valence-corrected chi connectivity index (χ4v) is 3.34. The highest BCUT2D eigenvalue weighted by Crippen LogP contribution is 2.32. The number of aryl methyl sites for hydroxylation is 1. The monoisotopic (exact) mass is 419 g/mol. The number of amides is 2. The second-order valence-electron chi connectivity index (χ2n) is 7.08. The van der Waals surface area contributed by atoms with Crippen LogP contribution in [0.2, 0.25) is 0 Å². The summed E-state index contributed by atoms with van der Waals surface area (Å²) >= 11 is 0. The van der Waals surface area contributed by atoms with Gasteiger partial charge in [0.25, 0.3) is 0 Å². The maximum atomic E-state index is 12.0. The number of ether oxygens (including phenoxy) is 1. The molecule has 0 radical (unpaired) electrons. The van der Waals surface area contributed by atoms with Gasteiger partial charge >= 0.3 is 6.03 Å². The fraction of sp³-hybridized carbons (Fsp3) is 0.217. The Hall–Kier alpha value is -3.94. The molecule has 31 heavy (non-hydrogen) atoms. The molecule has 2 amide bonds. The molecule has 0 saturated carbocycles. The van der Waals surface area contributed by atoms with Crippen LogP contribution < -0.4 is 20.7 Å². The van der Waals surface area contributed by atoms with Crippen molar-refractivity contribution in [3.8, 4) is 17.1 Å². The molecule has 4 aromatic rings. The van der Waals surface area contributed by atoms with Gasteiger partial charge in [0.1, 0.15) is 5.75 Å². The lowest BCUT2D eigenvalue weighted by Crippen LogP contribution is -2.37. The summed E-state index contributed by atoms with van der Waals surface area (Å²) in [7, 11) is 1.62. The number of hydrogen-bond donors (Lipinski definition) is 4. The molecule has 0 unspecified atom stereocenters. The summed E-state index contributed by atoms with van der Waals surface area (Å²) in [5, 5.41) is 10.1. The molecule has 4 rings (SSSR count). The number of hydrogen-bond acceptors (Lipinski definition) is 5. The van der Waals surface area contributed by atoms with Crippen molar-refractivity contribution in [2.45, 2.75) is 13.5 Å². The van der Waals surface area contributed by atoms with E-state index in [4.69, 9.17) is 9.15 Å². The summed E-state index contributed by atoms with van der Waals surface area (Å²) < 4.78 is 11.1. The molecule has 0 atom stereocenters. The van der Waals surface area contributed by atoms with Gasteiger partial charge in [-0.1, -0.05) is 18.2 Å². The average Bonchev–Trinajstić information content (AvgIpc) is 3.40. The first-order chi connectivity index (χ1) is 15.1. The number of aromatic nitrogens is 2. The number of benzene rings is 2. The minimum absolute atomic E-state index is 0.214. The summed E-state index contributed by atoms with van der Waals surface area (Å²) in [6.45, 7) is 3.29. The summed E-state index contributed by atoms with van der Waals surface area (Å²) in [5.41, 5.74) is 3.74. The highest BCUT2D eigenvalue weighted by atomic mass is 16.5. The quantitative estimate of drug-likeness (QED) is 0.323. The Bertz CT molecular complexity index is 1150. The van der Waals surface area contributed by atoms with E-state index >= 15 is 0 Å². The molecule has 2 aromatic heterocycles. The Morgan fingerprint density at radius 3 is 2.77 bits per heavy atom. The van der Waals surface area contributed by atoms with Crippen molar-refractivity contribution < 1.29 is 13.9 Å². The van der Waals surface area contributed by atoms with Gasteiger partial charge in [0.05, 0.1) is 25.4 Å². The number of urea groups is 1. The van der Waals surface area contributed by atoms with Crippen molar-refractivity contribution in [1.82, 2.24) is 20.6 Å². The van der Waals surface area contributed by atoms with Gasteiger partial charge in [-0.25, -0.2) is 9.78 Å². The number of anilines is 1. The molecule has 0 aliphatic heterocycles. The first kappa shape index (κ1) is 20.3. The van der Waals surface area contributed by atoms with Crippen molar-refractivity contribution in [1.29, 1.82) is 0 Å². The van der Waals surface area contributed by atoms with Crippen LogP contribution >= 0.6 is 0 Å². The molecule has 8 nitrogen and oxygen atoms in total. The predicted octanol–water partition coefficient (Wildman–Crippen LogP) is 4.05. The number of rotatable bonds is 8. The highest BCUT2D eigenvalue weighted by molar-refractivity contribution is 5.80. The van der Waals surface area contributed by atoms with E-state index in [1.165, 1.54) is 0 Å². The minimum Gasteiger partial charge on any atom is -0.496 e. The largest absolute Gasteiger partial charge is 0.496 e. The molecule has 2 heterocycles. The first-order valence-electron chi connectivity index (χ1n) is 10.1. The van der Waals surface area contributed by atoms with Crippen LogP contribution in [-0.2, 0) is 6.54 Å². The van der Waals surface area contributed by atoms with Crippen LogP contribution in [-0.4, -0.2) is 36.2 Å². The third kappa shape index (κ3) is 4.98. The maximum Gasteiger partial charge on any atom is 0.315 e. The van der Waals surface area contributed by atoms with Crippen LogP contribution in [0.5, 0.6) is 5.75 Å². The number of carbonyl (C=O) groups excluding carboxylic acids is 1. The van der Waals surface area contributed by atoms with Gasteiger partial charge in [0.15, 0.2) is 11.7 Å². The molecule has 8 heteroatoms. The van der Waals surface area contributed by atoms with Crippen molar-refractivity contribution in [3.63, 3.8) is 0 Å². The molecular weight excluding hydrogens is 394 g/mol. The van der Waals surface area contributed by atoms with E-state index in [-0.39, 0.29) is 6.03 Å². The van der Waals surface area contributed by atoms with Gasteiger partial charge in [-0.15, -0.1) is 0 Å². The maximum absolute atomic E-state index is 12.0. The number of nitrogens with zero attached hydrogens (tertiary/aromatic N) is 1. The smallest absolute Gasteiger partial charge is 0.315 e. The summed E-state index contributed by atoms with van der Waals surface area (Å²) in [5.74, 6) is 1.95. The van der Waals surface area contributed by atoms with Crippen molar-refractivity contribution in [2.24, 2.45) is 0 Å². The van der Waals surface area contributed by atoms with Crippen LogP contribution in [0, 0.1) is 6.92 Å². The van der Waals surface area contributed by atoms with E-state index in [9.17, 15) is 4.79 Å². The van der Waals surface area contributed by atoms with Crippen molar-refractivity contribution in [3.05, 3.63) is 66.3 Å². The number of nitrogens with one attached hydrogen (secondary N) is 4. The summed E-state index contributed by atoms with van der Waals surface area (Å²) in [6, 6.07) is 15.6.